The molecule has 0 saturated heterocycles. The average molecular weight is 329 g/mol. The summed E-state index contributed by atoms with van der Waals surface area (Å²) in [7, 11) is 0. The Morgan fingerprint density at radius 3 is 2.68 bits per heavy atom. The standard InChI is InChI=1S/C19H15N5O/c20-18(25)17-11-13-10-14(6-7-15(13)23-17)22-19-21-9-8-16(24-19)12-4-2-1-3-5-12/h1-11,23H,(H2,20,25)(H,21,22,24). The summed E-state index contributed by atoms with van der Waals surface area (Å²) in [5.41, 5.74) is 9.23. The first-order valence-electron chi connectivity index (χ1n) is 7.77. The Labute approximate surface area is 143 Å². The lowest BCUT2D eigenvalue weighted by molar-refractivity contribution is 0.0996. The van der Waals surface area contributed by atoms with E-state index in [1.807, 2.05) is 54.6 Å². The fraction of sp³-hybridized carbons (Fsp3) is 0. The first kappa shape index (κ1) is 14.9. The van der Waals surface area contributed by atoms with Gasteiger partial charge in [-0.2, -0.15) is 0 Å². The lowest BCUT2D eigenvalue weighted by Crippen LogP contribution is -2.10. The van der Waals surface area contributed by atoms with Crippen molar-refractivity contribution < 1.29 is 4.79 Å². The largest absolute Gasteiger partial charge is 0.364 e. The number of anilines is 2. The maximum atomic E-state index is 11.3. The van der Waals surface area contributed by atoms with Gasteiger partial charge >= 0.3 is 0 Å². The highest BCUT2D eigenvalue weighted by molar-refractivity contribution is 5.97. The van der Waals surface area contributed by atoms with E-state index in [9.17, 15) is 4.79 Å². The second-order valence-corrected chi connectivity index (χ2v) is 5.61. The fourth-order valence-corrected chi connectivity index (χ4v) is 2.66. The molecule has 6 heteroatoms. The first-order chi connectivity index (χ1) is 12.2. The summed E-state index contributed by atoms with van der Waals surface area (Å²) in [6, 6.07) is 19.2. The van der Waals surface area contributed by atoms with E-state index in [0.717, 1.165) is 27.8 Å². The number of aromatic amines is 1. The van der Waals surface area contributed by atoms with E-state index in [2.05, 4.69) is 20.3 Å². The van der Waals surface area contributed by atoms with Gasteiger partial charge in [0.15, 0.2) is 0 Å². The van der Waals surface area contributed by atoms with Crippen molar-refractivity contribution in [1.82, 2.24) is 15.0 Å². The maximum Gasteiger partial charge on any atom is 0.265 e. The number of aromatic nitrogens is 3. The van der Waals surface area contributed by atoms with E-state index < -0.39 is 5.91 Å². The van der Waals surface area contributed by atoms with Crippen LogP contribution >= 0.6 is 0 Å². The average Bonchev–Trinajstić information content (AvgIpc) is 3.06. The van der Waals surface area contributed by atoms with Gasteiger partial charge in [-0.3, -0.25) is 4.79 Å². The van der Waals surface area contributed by atoms with Crippen molar-refractivity contribution in [3.8, 4) is 11.3 Å². The molecule has 0 spiro atoms. The second-order valence-electron chi connectivity index (χ2n) is 5.61. The van der Waals surface area contributed by atoms with Gasteiger partial charge in [-0.15, -0.1) is 0 Å². The Morgan fingerprint density at radius 1 is 1.04 bits per heavy atom. The van der Waals surface area contributed by atoms with Gasteiger partial charge in [-0.25, -0.2) is 9.97 Å². The number of primary amides is 1. The first-order valence-corrected chi connectivity index (χ1v) is 7.77. The molecule has 0 aliphatic heterocycles. The third-order valence-electron chi connectivity index (χ3n) is 3.87. The predicted molar refractivity (Wildman–Crippen MR) is 97.6 cm³/mol. The van der Waals surface area contributed by atoms with Gasteiger partial charge in [0.2, 0.25) is 5.95 Å². The highest BCUT2D eigenvalue weighted by Crippen LogP contribution is 2.23. The van der Waals surface area contributed by atoms with Crippen LogP contribution in [-0.2, 0) is 0 Å². The minimum atomic E-state index is -0.482. The molecule has 2 heterocycles. The van der Waals surface area contributed by atoms with Crippen LogP contribution in [0.2, 0.25) is 0 Å². The maximum absolute atomic E-state index is 11.3. The van der Waals surface area contributed by atoms with Crippen LogP contribution in [0.3, 0.4) is 0 Å². The Morgan fingerprint density at radius 2 is 1.88 bits per heavy atom. The van der Waals surface area contributed by atoms with Gasteiger partial charge < -0.3 is 16.0 Å². The van der Waals surface area contributed by atoms with Crippen molar-refractivity contribution in [2.24, 2.45) is 5.73 Å². The van der Waals surface area contributed by atoms with Crippen LogP contribution < -0.4 is 11.1 Å². The van der Waals surface area contributed by atoms with E-state index in [-0.39, 0.29) is 0 Å². The quantitative estimate of drug-likeness (QED) is 0.534. The summed E-state index contributed by atoms with van der Waals surface area (Å²) in [6.07, 6.45) is 1.72. The molecule has 0 bridgehead atoms. The molecule has 1 amide bonds. The number of amides is 1. The summed E-state index contributed by atoms with van der Waals surface area (Å²) >= 11 is 0. The molecule has 0 atom stereocenters. The highest BCUT2D eigenvalue weighted by Gasteiger charge is 2.07. The van der Waals surface area contributed by atoms with Gasteiger partial charge in [0, 0.05) is 28.4 Å². The van der Waals surface area contributed by atoms with Crippen LogP contribution in [0.1, 0.15) is 10.5 Å². The van der Waals surface area contributed by atoms with Crippen LogP contribution in [-0.4, -0.2) is 20.9 Å². The molecular weight excluding hydrogens is 314 g/mol. The highest BCUT2D eigenvalue weighted by atomic mass is 16.1. The molecule has 0 fully saturated rings. The molecule has 2 aromatic heterocycles. The number of nitrogens with two attached hydrogens (primary N) is 1. The van der Waals surface area contributed by atoms with E-state index in [0.29, 0.717) is 11.6 Å². The SMILES string of the molecule is NC(=O)c1cc2cc(Nc3nccc(-c4ccccc4)n3)ccc2[nH]1. The number of hydrogen-bond acceptors (Lipinski definition) is 4. The molecule has 25 heavy (non-hydrogen) atoms. The van der Waals surface area contributed by atoms with Crippen LogP contribution in [0.25, 0.3) is 22.2 Å². The van der Waals surface area contributed by atoms with Crippen molar-refractivity contribution in [2.75, 3.05) is 5.32 Å². The zero-order chi connectivity index (χ0) is 17.2. The van der Waals surface area contributed by atoms with Gasteiger partial charge in [0.05, 0.1) is 5.69 Å². The molecule has 122 valence electrons. The molecule has 0 unspecified atom stereocenters. The number of fused-ring (bicyclic) bond motifs is 1. The second kappa shape index (κ2) is 6.09. The molecule has 4 aromatic rings. The molecule has 4 rings (SSSR count). The molecule has 2 aromatic carbocycles. The topological polar surface area (TPSA) is 96.7 Å². The smallest absolute Gasteiger partial charge is 0.265 e. The number of hydrogen-bond donors (Lipinski definition) is 3. The fourth-order valence-electron chi connectivity index (χ4n) is 2.66. The lowest BCUT2D eigenvalue weighted by atomic mass is 10.1. The Balaban J connectivity index is 1.64. The van der Waals surface area contributed by atoms with Crippen LogP contribution in [0.15, 0.2) is 66.9 Å². The third kappa shape index (κ3) is 3.05. The van der Waals surface area contributed by atoms with E-state index in [4.69, 9.17) is 5.73 Å². The summed E-state index contributed by atoms with van der Waals surface area (Å²) in [5, 5.41) is 4.08. The molecule has 0 saturated carbocycles. The number of nitrogens with one attached hydrogen (secondary N) is 2. The monoisotopic (exact) mass is 329 g/mol. The van der Waals surface area contributed by atoms with Crippen LogP contribution in [0.5, 0.6) is 0 Å². The van der Waals surface area contributed by atoms with Gasteiger partial charge in [0.1, 0.15) is 5.69 Å². The minimum Gasteiger partial charge on any atom is -0.364 e. The molecule has 6 nitrogen and oxygen atoms in total. The summed E-state index contributed by atoms with van der Waals surface area (Å²) < 4.78 is 0. The van der Waals surface area contributed by atoms with Crippen LogP contribution in [0, 0.1) is 0 Å². The minimum absolute atomic E-state index is 0.384. The van der Waals surface area contributed by atoms with Crippen LogP contribution in [0.4, 0.5) is 11.6 Å². The zero-order valence-electron chi connectivity index (χ0n) is 13.2. The predicted octanol–water partition coefficient (Wildman–Crippen LogP) is 3.47. The van der Waals surface area contributed by atoms with E-state index in [1.165, 1.54) is 0 Å². The number of H-pyrrole nitrogens is 1. The lowest BCUT2D eigenvalue weighted by Gasteiger charge is -2.07. The molecule has 0 radical (unpaired) electrons. The molecular formula is C19H15N5O. The van der Waals surface area contributed by atoms with Crippen molar-refractivity contribution >= 4 is 28.4 Å². The molecule has 4 N–H and O–H groups in total. The van der Waals surface area contributed by atoms with Gasteiger partial charge in [-0.1, -0.05) is 30.3 Å². The molecule has 0 aliphatic carbocycles. The van der Waals surface area contributed by atoms with Gasteiger partial charge in [-0.05, 0) is 30.3 Å². The number of benzene rings is 2. The molecule has 0 aliphatic rings. The Bertz CT molecular complexity index is 1060. The Hall–Kier alpha value is -3.67. The summed E-state index contributed by atoms with van der Waals surface area (Å²) in [5.74, 6) is 0.0240. The van der Waals surface area contributed by atoms with E-state index >= 15 is 0 Å². The summed E-state index contributed by atoms with van der Waals surface area (Å²) in [6.45, 7) is 0. The van der Waals surface area contributed by atoms with Crippen molar-refractivity contribution in [3.05, 3.63) is 72.6 Å². The number of rotatable bonds is 4. The number of nitrogens with zero attached hydrogens (tertiary/aromatic N) is 2. The van der Waals surface area contributed by atoms with Crippen molar-refractivity contribution in [3.63, 3.8) is 0 Å². The van der Waals surface area contributed by atoms with Gasteiger partial charge in [0.25, 0.3) is 5.91 Å². The Kier molecular flexibility index (Phi) is 3.63. The van der Waals surface area contributed by atoms with E-state index in [1.54, 1.807) is 12.3 Å². The summed E-state index contributed by atoms with van der Waals surface area (Å²) in [4.78, 5) is 23.1. The zero-order valence-corrected chi connectivity index (χ0v) is 13.2. The normalized spacial score (nSPS) is 10.7. The third-order valence-corrected chi connectivity index (χ3v) is 3.87. The van der Waals surface area contributed by atoms with Crippen molar-refractivity contribution in [2.45, 2.75) is 0 Å². The number of carbonyl (C=O) groups excluding carboxylic acids is 1. The van der Waals surface area contributed by atoms with Crippen molar-refractivity contribution in [1.29, 1.82) is 0 Å². The number of carbonyl (C=O) groups is 1.